The molecule has 1 aliphatic heterocycles. The van der Waals surface area contributed by atoms with Crippen LogP contribution in [0, 0.1) is 5.82 Å². The maximum Gasteiger partial charge on any atom is 0.263 e. The maximum atomic E-state index is 13.4. The second-order valence-corrected chi connectivity index (χ2v) is 7.76. The molecule has 0 radical (unpaired) electrons. The number of fused-ring (bicyclic) bond motifs is 1. The predicted molar refractivity (Wildman–Crippen MR) is 115 cm³/mol. The third-order valence-electron chi connectivity index (χ3n) is 5.02. The van der Waals surface area contributed by atoms with Gasteiger partial charge in [0.05, 0.1) is 18.2 Å². The Hall–Kier alpha value is -2.41. The van der Waals surface area contributed by atoms with Crippen molar-refractivity contribution in [1.82, 2.24) is 9.88 Å². The lowest BCUT2D eigenvalue weighted by atomic mass is 10.0. The van der Waals surface area contributed by atoms with E-state index in [9.17, 15) is 9.18 Å². The standard InChI is InChI=1S/C22H19Cl2FN2O3/c1-13(22(28)27-6-8-29-9-7-27)30-15-3-5-16-18(11-15)21(24)26-12-19(16)17-4-2-14(25)10-20(17)23/h2-5,10-13H,6-9H2,1H3/t13-/m1/s1. The SMILES string of the molecule is C[C@@H](Oc1ccc2c(-c3ccc(F)cc3Cl)cnc(Cl)c2c1)C(=O)N1CCOCC1. The normalized spacial score (nSPS) is 15.3. The number of nitrogens with zero attached hydrogens (tertiary/aromatic N) is 2. The summed E-state index contributed by atoms with van der Waals surface area (Å²) in [6, 6.07) is 9.55. The molecule has 1 aliphatic rings. The summed E-state index contributed by atoms with van der Waals surface area (Å²) in [5, 5.41) is 2.02. The first-order chi connectivity index (χ1) is 14.4. The molecular weight excluding hydrogens is 430 g/mol. The van der Waals surface area contributed by atoms with Crippen molar-refractivity contribution in [2.75, 3.05) is 26.3 Å². The molecule has 0 saturated carbocycles. The van der Waals surface area contributed by atoms with E-state index in [0.717, 1.165) is 10.9 Å². The molecule has 0 unspecified atom stereocenters. The van der Waals surface area contributed by atoms with Gasteiger partial charge < -0.3 is 14.4 Å². The summed E-state index contributed by atoms with van der Waals surface area (Å²) in [6.45, 7) is 3.90. The largest absolute Gasteiger partial charge is 0.481 e. The van der Waals surface area contributed by atoms with E-state index in [1.807, 2.05) is 6.07 Å². The average Bonchev–Trinajstić information content (AvgIpc) is 2.75. The molecule has 2 aromatic carbocycles. The van der Waals surface area contributed by atoms with E-state index in [1.54, 1.807) is 36.2 Å². The Morgan fingerprint density at radius 3 is 2.63 bits per heavy atom. The lowest BCUT2D eigenvalue weighted by Crippen LogP contribution is -2.46. The number of halogens is 3. The minimum absolute atomic E-state index is 0.0885. The number of hydrogen-bond acceptors (Lipinski definition) is 4. The zero-order chi connectivity index (χ0) is 21.3. The number of pyridine rings is 1. The monoisotopic (exact) mass is 448 g/mol. The van der Waals surface area contributed by atoms with Crippen LogP contribution in [0.15, 0.2) is 42.6 Å². The number of carbonyl (C=O) groups is 1. The van der Waals surface area contributed by atoms with Gasteiger partial charge in [0.25, 0.3) is 5.91 Å². The van der Waals surface area contributed by atoms with Crippen molar-refractivity contribution >= 4 is 39.9 Å². The lowest BCUT2D eigenvalue weighted by Gasteiger charge is -2.29. The van der Waals surface area contributed by atoms with Crippen LogP contribution in [0.25, 0.3) is 21.9 Å². The third-order valence-corrected chi connectivity index (χ3v) is 5.63. The molecule has 1 atom stereocenters. The number of hydrogen-bond donors (Lipinski definition) is 0. The van der Waals surface area contributed by atoms with Crippen LogP contribution in [0.5, 0.6) is 5.75 Å². The van der Waals surface area contributed by atoms with Gasteiger partial charge in [0, 0.05) is 35.8 Å². The molecule has 1 amide bonds. The maximum absolute atomic E-state index is 13.4. The van der Waals surface area contributed by atoms with Gasteiger partial charge in [-0.2, -0.15) is 0 Å². The van der Waals surface area contributed by atoms with Gasteiger partial charge in [0.2, 0.25) is 0 Å². The van der Waals surface area contributed by atoms with Crippen molar-refractivity contribution < 1.29 is 18.7 Å². The summed E-state index contributed by atoms with van der Waals surface area (Å²) in [5.74, 6) is 0.00159. The summed E-state index contributed by atoms with van der Waals surface area (Å²) >= 11 is 12.6. The van der Waals surface area contributed by atoms with Gasteiger partial charge in [-0.05, 0) is 48.7 Å². The molecule has 3 aromatic rings. The van der Waals surface area contributed by atoms with Crippen LogP contribution >= 0.6 is 23.2 Å². The van der Waals surface area contributed by atoms with Gasteiger partial charge in [0.1, 0.15) is 16.7 Å². The zero-order valence-electron chi connectivity index (χ0n) is 16.2. The van der Waals surface area contributed by atoms with Gasteiger partial charge in [-0.15, -0.1) is 0 Å². The van der Waals surface area contributed by atoms with E-state index in [2.05, 4.69) is 4.98 Å². The molecule has 4 rings (SSSR count). The van der Waals surface area contributed by atoms with Gasteiger partial charge in [-0.25, -0.2) is 9.37 Å². The predicted octanol–water partition coefficient (Wildman–Crippen LogP) is 4.97. The summed E-state index contributed by atoms with van der Waals surface area (Å²) in [4.78, 5) is 18.6. The second-order valence-electron chi connectivity index (χ2n) is 6.99. The molecule has 0 spiro atoms. The highest BCUT2D eigenvalue weighted by molar-refractivity contribution is 6.36. The Kier molecular flexibility index (Phi) is 6.09. The van der Waals surface area contributed by atoms with Crippen LogP contribution in [0.3, 0.4) is 0 Å². The third kappa shape index (κ3) is 4.21. The number of morpholine rings is 1. The first-order valence-corrected chi connectivity index (χ1v) is 10.3. The van der Waals surface area contributed by atoms with Gasteiger partial charge in [-0.1, -0.05) is 23.2 Å². The molecule has 156 valence electrons. The Balaban J connectivity index is 1.64. The molecule has 0 aliphatic carbocycles. The number of carbonyl (C=O) groups excluding carboxylic acids is 1. The van der Waals surface area contributed by atoms with Crippen LogP contribution in [0.1, 0.15) is 6.92 Å². The van der Waals surface area contributed by atoms with E-state index < -0.39 is 11.9 Å². The van der Waals surface area contributed by atoms with Gasteiger partial charge >= 0.3 is 0 Å². The topological polar surface area (TPSA) is 51.7 Å². The van der Waals surface area contributed by atoms with Crippen LogP contribution < -0.4 is 4.74 Å². The van der Waals surface area contributed by atoms with Crippen LogP contribution in [0.2, 0.25) is 10.2 Å². The van der Waals surface area contributed by atoms with Gasteiger partial charge in [0.15, 0.2) is 6.10 Å². The first-order valence-electron chi connectivity index (χ1n) is 9.51. The van der Waals surface area contributed by atoms with Crippen LogP contribution in [0.4, 0.5) is 4.39 Å². The Labute approximate surface area is 183 Å². The highest BCUT2D eigenvalue weighted by Crippen LogP contribution is 2.37. The summed E-state index contributed by atoms with van der Waals surface area (Å²) < 4.78 is 24.6. The minimum atomic E-state index is -0.651. The highest BCUT2D eigenvalue weighted by Gasteiger charge is 2.24. The molecule has 1 saturated heterocycles. The fraction of sp³-hybridized carbons (Fsp3) is 0.273. The van der Waals surface area contributed by atoms with E-state index in [4.69, 9.17) is 32.7 Å². The van der Waals surface area contributed by atoms with E-state index in [1.165, 1.54) is 12.1 Å². The Bertz CT molecular complexity index is 1100. The molecule has 8 heteroatoms. The van der Waals surface area contributed by atoms with E-state index >= 15 is 0 Å². The van der Waals surface area contributed by atoms with Crippen molar-refractivity contribution in [2.24, 2.45) is 0 Å². The van der Waals surface area contributed by atoms with Gasteiger partial charge in [-0.3, -0.25) is 4.79 Å². The summed E-state index contributed by atoms with van der Waals surface area (Å²) in [7, 11) is 0. The molecule has 1 fully saturated rings. The smallest absolute Gasteiger partial charge is 0.263 e. The van der Waals surface area contributed by atoms with Crippen LogP contribution in [-0.4, -0.2) is 48.2 Å². The number of amides is 1. The Morgan fingerprint density at radius 1 is 1.13 bits per heavy atom. The first kappa shape index (κ1) is 20.8. The fourth-order valence-corrected chi connectivity index (χ4v) is 3.95. The molecule has 0 bridgehead atoms. The molecule has 2 heterocycles. The quantitative estimate of drug-likeness (QED) is 0.528. The van der Waals surface area contributed by atoms with E-state index in [-0.39, 0.29) is 10.9 Å². The second kappa shape index (κ2) is 8.76. The fourth-order valence-electron chi connectivity index (χ4n) is 3.48. The van der Waals surface area contributed by atoms with Crippen molar-refractivity contribution in [3.63, 3.8) is 0 Å². The molecule has 1 aromatic heterocycles. The number of benzene rings is 2. The molecule has 30 heavy (non-hydrogen) atoms. The number of aromatic nitrogens is 1. The summed E-state index contributed by atoms with van der Waals surface area (Å²) in [6.07, 6.45) is 0.955. The number of ether oxygens (including phenoxy) is 2. The zero-order valence-corrected chi connectivity index (χ0v) is 17.7. The Morgan fingerprint density at radius 2 is 1.90 bits per heavy atom. The van der Waals surface area contributed by atoms with Crippen molar-refractivity contribution in [3.05, 3.63) is 58.6 Å². The minimum Gasteiger partial charge on any atom is -0.481 e. The highest BCUT2D eigenvalue weighted by atomic mass is 35.5. The number of rotatable bonds is 4. The van der Waals surface area contributed by atoms with Crippen molar-refractivity contribution in [1.29, 1.82) is 0 Å². The average molecular weight is 449 g/mol. The molecule has 5 nitrogen and oxygen atoms in total. The molecular formula is C22H19Cl2FN2O3. The van der Waals surface area contributed by atoms with Crippen molar-refractivity contribution in [3.8, 4) is 16.9 Å². The van der Waals surface area contributed by atoms with Crippen LogP contribution in [-0.2, 0) is 9.53 Å². The molecule has 0 N–H and O–H groups in total. The lowest BCUT2D eigenvalue weighted by molar-refractivity contribution is -0.142. The summed E-state index contributed by atoms with van der Waals surface area (Å²) in [5.41, 5.74) is 1.38. The van der Waals surface area contributed by atoms with E-state index in [0.29, 0.717) is 48.2 Å². The van der Waals surface area contributed by atoms with Crippen molar-refractivity contribution in [2.45, 2.75) is 13.0 Å².